The molecule has 0 heterocycles. The number of hydrogen-bond donors (Lipinski definition) is 1. The minimum absolute atomic E-state index is 0.229. The Hall–Kier alpha value is -2.18. The molecule has 6 heteroatoms. The molecule has 2 aromatic rings. The Balaban J connectivity index is 1.69. The molecule has 0 unspecified atom stereocenters. The van der Waals surface area contributed by atoms with Crippen LogP contribution in [0.25, 0.3) is 0 Å². The summed E-state index contributed by atoms with van der Waals surface area (Å²) >= 11 is 0. The van der Waals surface area contributed by atoms with Crippen LogP contribution in [0, 0.1) is 6.92 Å². The van der Waals surface area contributed by atoms with Crippen LogP contribution in [0.4, 0.5) is 5.69 Å². The summed E-state index contributed by atoms with van der Waals surface area (Å²) in [5, 5.41) is 2.72. The lowest BCUT2D eigenvalue weighted by atomic mass is 10.1. The molecule has 0 fully saturated rings. The Morgan fingerprint density at radius 2 is 1.76 bits per heavy atom. The van der Waals surface area contributed by atoms with Crippen LogP contribution in [0.5, 0.6) is 0 Å². The molecule has 1 aliphatic carbocycles. The van der Waals surface area contributed by atoms with Gasteiger partial charge in [0, 0.05) is 12.7 Å². The molecule has 2 aromatic carbocycles. The molecule has 25 heavy (non-hydrogen) atoms. The zero-order valence-electron chi connectivity index (χ0n) is 14.5. The molecule has 0 aromatic heterocycles. The SMILES string of the molecule is Cc1ccc(NC(=O)CN(C)S(=O)(=O)c2ccc3c(c2)CCC3)cc1. The van der Waals surface area contributed by atoms with Gasteiger partial charge in [-0.05, 0) is 61.6 Å². The number of rotatable bonds is 5. The van der Waals surface area contributed by atoms with Gasteiger partial charge in [-0.15, -0.1) is 0 Å². The highest BCUT2D eigenvalue weighted by Gasteiger charge is 2.24. The smallest absolute Gasteiger partial charge is 0.243 e. The third-order valence-corrected chi connectivity index (χ3v) is 6.28. The molecule has 0 bridgehead atoms. The van der Waals surface area contributed by atoms with E-state index in [1.807, 2.05) is 25.1 Å². The van der Waals surface area contributed by atoms with Gasteiger partial charge in [-0.1, -0.05) is 23.8 Å². The van der Waals surface area contributed by atoms with Gasteiger partial charge in [0.25, 0.3) is 0 Å². The first kappa shape index (κ1) is 17.6. The Bertz CT molecular complexity index is 889. The number of sulfonamides is 1. The van der Waals surface area contributed by atoms with Gasteiger partial charge in [0.05, 0.1) is 11.4 Å². The van der Waals surface area contributed by atoms with Crippen LogP contribution in [0.3, 0.4) is 0 Å². The molecule has 3 rings (SSSR count). The van der Waals surface area contributed by atoms with Crippen molar-refractivity contribution in [3.63, 3.8) is 0 Å². The van der Waals surface area contributed by atoms with Gasteiger partial charge in [0.2, 0.25) is 15.9 Å². The minimum atomic E-state index is -3.68. The van der Waals surface area contributed by atoms with Crippen molar-refractivity contribution in [1.82, 2.24) is 4.31 Å². The van der Waals surface area contributed by atoms with Crippen LogP contribution in [0.2, 0.25) is 0 Å². The summed E-state index contributed by atoms with van der Waals surface area (Å²) in [6, 6.07) is 12.6. The van der Waals surface area contributed by atoms with Crippen molar-refractivity contribution in [3.05, 3.63) is 59.2 Å². The van der Waals surface area contributed by atoms with E-state index in [0.717, 1.165) is 34.7 Å². The summed E-state index contributed by atoms with van der Waals surface area (Å²) in [5.41, 5.74) is 4.06. The first-order valence-corrected chi connectivity index (χ1v) is 9.75. The van der Waals surface area contributed by atoms with Crippen molar-refractivity contribution in [1.29, 1.82) is 0 Å². The Kier molecular flexibility index (Phi) is 4.92. The lowest BCUT2D eigenvalue weighted by Gasteiger charge is -2.17. The number of likely N-dealkylation sites (N-methyl/N-ethyl adjacent to an activating group) is 1. The van der Waals surface area contributed by atoms with Crippen LogP contribution in [0.15, 0.2) is 47.4 Å². The highest BCUT2D eigenvalue weighted by Crippen LogP contribution is 2.26. The molecular formula is C19H22N2O3S. The Labute approximate surface area is 148 Å². The van der Waals surface area contributed by atoms with Gasteiger partial charge in [-0.2, -0.15) is 4.31 Å². The number of fused-ring (bicyclic) bond motifs is 1. The standard InChI is InChI=1S/C19H22N2O3S/c1-14-6-9-17(10-7-14)20-19(22)13-21(2)25(23,24)18-11-8-15-4-3-5-16(15)12-18/h6-12H,3-5,13H2,1-2H3,(H,20,22). The summed E-state index contributed by atoms with van der Waals surface area (Å²) in [6.07, 6.45) is 2.98. The normalized spacial score (nSPS) is 13.7. The summed E-state index contributed by atoms with van der Waals surface area (Å²) in [5.74, 6) is -0.365. The van der Waals surface area contributed by atoms with E-state index in [1.54, 1.807) is 24.3 Å². The third kappa shape index (κ3) is 3.91. The van der Waals surface area contributed by atoms with Crippen molar-refractivity contribution in [2.75, 3.05) is 18.9 Å². The lowest BCUT2D eigenvalue weighted by Crippen LogP contribution is -2.35. The maximum atomic E-state index is 12.7. The monoisotopic (exact) mass is 358 g/mol. The summed E-state index contributed by atoms with van der Waals surface area (Å²) in [4.78, 5) is 12.4. The van der Waals surface area contributed by atoms with E-state index >= 15 is 0 Å². The Morgan fingerprint density at radius 3 is 2.48 bits per heavy atom. The maximum Gasteiger partial charge on any atom is 0.243 e. The molecule has 0 atom stereocenters. The summed E-state index contributed by atoms with van der Waals surface area (Å²) < 4.78 is 26.5. The van der Waals surface area contributed by atoms with Crippen molar-refractivity contribution >= 4 is 21.6 Å². The van der Waals surface area contributed by atoms with E-state index in [-0.39, 0.29) is 17.3 Å². The highest BCUT2D eigenvalue weighted by molar-refractivity contribution is 7.89. The predicted molar refractivity (Wildman–Crippen MR) is 98.1 cm³/mol. The van der Waals surface area contributed by atoms with E-state index in [9.17, 15) is 13.2 Å². The molecule has 0 aliphatic heterocycles. The number of carbonyl (C=O) groups is 1. The first-order valence-electron chi connectivity index (χ1n) is 8.31. The molecule has 1 aliphatic rings. The number of benzene rings is 2. The molecule has 0 saturated heterocycles. The molecule has 132 valence electrons. The van der Waals surface area contributed by atoms with Gasteiger partial charge in [0.1, 0.15) is 0 Å². The van der Waals surface area contributed by atoms with Gasteiger partial charge in [0.15, 0.2) is 0 Å². The molecule has 5 nitrogen and oxygen atoms in total. The summed E-state index contributed by atoms with van der Waals surface area (Å²) in [6.45, 7) is 1.73. The van der Waals surface area contributed by atoms with Crippen molar-refractivity contribution in [2.45, 2.75) is 31.1 Å². The Morgan fingerprint density at radius 1 is 1.08 bits per heavy atom. The molecule has 0 saturated carbocycles. The zero-order chi connectivity index (χ0) is 18.0. The van der Waals surface area contributed by atoms with Crippen LogP contribution < -0.4 is 5.32 Å². The van der Waals surface area contributed by atoms with Gasteiger partial charge < -0.3 is 5.32 Å². The quantitative estimate of drug-likeness (QED) is 0.894. The van der Waals surface area contributed by atoms with Crippen LogP contribution in [-0.4, -0.2) is 32.2 Å². The second-order valence-electron chi connectivity index (χ2n) is 6.46. The third-order valence-electron chi connectivity index (χ3n) is 4.48. The van der Waals surface area contributed by atoms with Gasteiger partial charge in [-0.3, -0.25) is 4.79 Å². The van der Waals surface area contributed by atoms with Crippen LogP contribution in [0.1, 0.15) is 23.1 Å². The van der Waals surface area contributed by atoms with Crippen LogP contribution >= 0.6 is 0 Å². The number of carbonyl (C=O) groups excluding carboxylic acids is 1. The largest absolute Gasteiger partial charge is 0.325 e. The second-order valence-corrected chi connectivity index (χ2v) is 8.50. The number of nitrogens with zero attached hydrogens (tertiary/aromatic N) is 1. The van der Waals surface area contributed by atoms with Gasteiger partial charge in [-0.25, -0.2) is 8.42 Å². The molecule has 0 spiro atoms. The van der Waals surface area contributed by atoms with Gasteiger partial charge >= 0.3 is 0 Å². The average Bonchev–Trinajstić information content (AvgIpc) is 3.04. The summed E-state index contributed by atoms with van der Waals surface area (Å²) in [7, 11) is -2.25. The second kappa shape index (κ2) is 6.98. The molecule has 1 N–H and O–H groups in total. The van der Waals surface area contributed by atoms with E-state index in [2.05, 4.69) is 5.32 Å². The number of anilines is 1. The number of nitrogens with one attached hydrogen (secondary N) is 1. The predicted octanol–water partition coefficient (Wildman–Crippen LogP) is 2.74. The molecule has 0 radical (unpaired) electrons. The van der Waals surface area contributed by atoms with E-state index in [0.29, 0.717) is 5.69 Å². The number of amides is 1. The average molecular weight is 358 g/mol. The maximum absolute atomic E-state index is 12.7. The van der Waals surface area contributed by atoms with Crippen LogP contribution in [-0.2, 0) is 27.7 Å². The van der Waals surface area contributed by atoms with Crippen molar-refractivity contribution in [3.8, 4) is 0 Å². The van der Waals surface area contributed by atoms with Crippen molar-refractivity contribution in [2.24, 2.45) is 0 Å². The minimum Gasteiger partial charge on any atom is -0.325 e. The lowest BCUT2D eigenvalue weighted by molar-refractivity contribution is -0.116. The fourth-order valence-electron chi connectivity index (χ4n) is 3.01. The first-order chi connectivity index (χ1) is 11.9. The molecule has 1 amide bonds. The van der Waals surface area contributed by atoms with E-state index < -0.39 is 10.0 Å². The number of hydrogen-bond acceptors (Lipinski definition) is 3. The van der Waals surface area contributed by atoms with E-state index in [1.165, 1.54) is 12.6 Å². The highest BCUT2D eigenvalue weighted by atomic mass is 32.2. The zero-order valence-corrected chi connectivity index (χ0v) is 15.3. The van der Waals surface area contributed by atoms with E-state index in [4.69, 9.17) is 0 Å². The van der Waals surface area contributed by atoms with Crippen molar-refractivity contribution < 1.29 is 13.2 Å². The number of aryl methyl sites for hydroxylation is 3. The topological polar surface area (TPSA) is 66.5 Å². The fourth-order valence-corrected chi connectivity index (χ4v) is 4.19. The fraction of sp³-hybridized carbons (Fsp3) is 0.316. The molecular weight excluding hydrogens is 336 g/mol.